The number of halogens is 1. The maximum atomic E-state index is 10.9. The van der Waals surface area contributed by atoms with Gasteiger partial charge in [-0.25, -0.2) is 0 Å². The molecular formula is C13H19ClN2O3. The predicted molar refractivity (Wildman–Crippen MR) is 76.9 cm³/mol. The van der Waals surface area contributed by atoms with Gasteiger partial charge < -0.3 is 10.1 Å². The average Bonchev–Trinajstić information content (AvgIpc) is 2.34. The van der Waals surface area contributed by atoms with E-state index in [2.05, 4.69) is 19.2 Å². The predicted octanol–water partition coefficient (Wildman–Crippen LogP) is 3.72. The molecule has 1 aromatic rings. The molecule has 0 atom stereocenters. The van der Waals surface area contributed by atoms with Crippen molar-refractivity contribution in [2.75, 3.05) is 25.1 Å². The molecule has 1 rings (SSSR count). The molecule has 0 unspecified atom stereocenters. The second kappa shape index (κ2) is 7.96. The Morgan fingerprint density at radius 2 is 2.16 bits per heavy atom. The van der Waals surface area contributed by atoms with Gasteiger partial charge in [-0.3, -0.25) is 10.1 Å². The highest BCUT2D eigenvalue weighted by Gasteiger charge is 2.15. The number of ether oxygens (including phenoxy) is 1. The van der Waals surface area contributed by atoms with Gasteiger partial charge in [0, 0.05) is 19.2 Å². The zero-order valence-electron chi connectivity index (χ0n) is 11.2. The molecule has 0 aromatic heterocycles. The van der Waals surface area contributed by atoms with Crippen molar-refractivity contribution < 1.29 is 9.66 Å². The van der Waals surface area contributed by atoms with Gasteiger partial charge in [0.2, 0.25) is 0 Å². The smallest absolute Gasteiger partial charge is 0.293 e. The molecule has 0 amide bonds. The first-order valence-corrected chi connectivity index (χ1v) is 6.64. The van der Waals surface area contributed by atoms with Crippen LogP contribution in [0.1, 0.15) is 20.3 Å². The van der Waals surface area contributed by atoms with Gasteiger partial charge in [-0.05, 0) is 18.4 Å². The summed E-state index contributed by atoms with van der Waals surface area (Å²) in [6, 6.07) is 4.61. The van der Waals surface area contributed by atoms with Crippen molar-refractivity contribution in [2.45, 2.75) is 20.3 Å². The molecule has 1 aromatic carbocycles. The van der Waals surface area contributed by atoms with E-state index in [9.17, 15) is 10.1 Å². The summed E-state index contributed by atoms with van der Waals surface area (Å²) in [5.74, 6) is 0.609. The number of benzene rings is 1. The van der Waals surface area contributed by atoms with Gasteiger partial charge in [-0.2, -0.15) is 0 Å². The standard InChI is InChI=1S/C13H19ClN2O3/c1-10(2)6-8-19-9-7-15-13-11(14)4-3-5-12(13)16(17)18/h3-5,10,15H,6-9H2,1-2H3. The summed E-state index contributed by atoms with van der Waals surface area (Å²) < 4.78 is 5.43. The lowest BCUT2D eigenvalue weighted by Gasteiger charge is -2.10. The van der Waals surface area contributed by atoms with Crippen LogP contribution in [0.15, 0.2) is 18.2 Å². The van der Waals surface area contributed by atoms with Gasteiger partial charge in [-0.1, -0.05) is 31.5 Å². The molecule has 0 saturated heterocycles. The molecule has 0 saturated carbocycles. The van der Waals surface area contributed by atoms with Crippen molar-refractivity contribution in [3.63, 3.8) is 0 Å². The molecule has 0 aliphatic heterocycles. The highest BCUT2D eigenvalue weighted by atomic mass is 35.5. The average molecular weight is 287 g/mol. The van der Waals surface area contributed by atoms with Crippen molar-refractivity contribution in [1.29, 1.82) is 0 Å². The summed E-state index contributed by atoms with van der Waals surface area (Å²) in [6.45, 7) is 5.95. The summed E-state index contributed by atoms with van der Waals surface area (Å²) in [4.78, 5) is 10.4. The maximum absolute atomic E-state index is 10.9. The lowest BCUT2D eigenvalue weighted by atomic mass is 10.1. The van der Waals surface area contributed by atoms with E-state index in [-0.39, 0.29) is 5.69 Å². The Morgan fingerprint density at radius 1 is 1.42 bits per heavy atom. The molecule has 19 heavy (non-hydrogen) atoms. The third kappa shape index (κ3) is 5.44. The van der Waals surface area contributed by atoms with Crippen LogP contribution in [0.5, 0.6) is 0 Å². The quantitative estimate of drug-likeness (QED) is 0.449. The van der Waals surface area contributed by atoms with Gasteiger partial charge in [0.1, 0.15) is 5.69 Å². The van der Waals surface area contributed by atoms with Crippen LogP contribution in [0, 0.1) is 16.0 Å². The van der Waals surface area contributed by atoms with Crippen molar-refractivity contribution in [1.82, 2.24) is 0 Å². The molecule has 0 aliphatic carbocycles. The summed E-state index contributed by atoms with van der Waals surface area (Å²) >= 11 is 5.95. The Hall–Kier alpha value is -1.33. The topological polar surface area (TPSA) is 64.4 Å². The fourth-order valence-electron chi connectivity index (χ4n) is 1.51. The second-order valence-electron chi connectivity index (χ2n) is 4.61. The number of anilines is 1. The number of hydrogen-bond acceptors (Lipinski definition) is 4. The number of nitro groups is 1. The summed E-state index contributed by atoms with van der Waals surface area (Å²) in [6.07, 6.45) is 1.01. The number of nitro benzene ring substituents is 1. The first-order valence-electron chi connectivity index (χ1n) is 6.27. The van der Waals surface area contributed by atoms with Crippen molar-refractivity contribution in [2.24, 2.45) is 5.92 Å². The number of nitrogens with one attached hydrogen (secondary N) is 1. The second-order valence-corrected chi connectivity index (χ2v) is 5.02. The van der Waals surface area contributed by atoms with Crippen LogP contribution < -0.4 is 5.32 Å². The number of nitrogens with zero attached hydrogens (tertiary/aromatic N) is 1. The largest absolute Gasteiger partial charge is 0.380 e. The van der Waals surface area contributed by atoms with Crippen molar-refractivity contribution in [3.8, 4) is 0 Å². The Kier molecular flexibility index (Phi) is 6.59. The van der Waals surface area contributed by atoms with Crippen LogP contribution in [0.3, 0.4) is 0 Å². The van der Waals surface area contributed by atoms with E-state index >= 15 is 0 Å². The highest BCUT2D eigenvalue weighted by molar-refractivity contribution is 6.33. The van der Waals surface area contributed by atoms with E-state index < -0.39 is 4.92 Å². The third-order valence-corrected chi connectivity index (χ3v) is 2.89. The molecule has 0 spiro atoms. The van der Waals surface area contributed by atoms with E-state index in [0.717, 1.165) is 6.42 Å². The van der Waals surface area contributed by atoms with E-state index in [0.29, 0.717) is 36.4 Å². The van der Waals surface area contributed by atoms with Crippen LogP contribution >= 0.6 is 11.6 Å². The molecule has 0 aliphatic rings. The van der Waals surface area contributed by atoms with Gasteiger partial charge in [0.25, 0.3) is 5.69 Å². The first-order chi connectivity index (χ1) is 9.02. The minimum absolute atomic E-state index is 0.0188. The van der Waals surface area contributed by atoms with Crippen molar-refractivity contribution >= 4 is 23.0 Å². The molecule has 106 valence electrons. The fraction of sp³-hybridized carbons (Fsp3) is 0.538. The van der Waals surface area contributed by atoms with Crippen LogP contribution in [0.2, 0.25) is 5.02 Å². The monoisotopic (exact) mass is 286 g/mol. The van der Waals surface area contributed by atoms with Gasteiger partial charge >= 0.3 is 0 Å². The SMILES string of the molecule is CC(C)CCOCCNc1c(Cl)cccc1[N+](=O)[O-]. The normalized spacial score (nSPS) is 10.7. The number of rotatable bonds is 8. The van der Waals surface area contributed by atoms with Crippen LogP contribution in [-0.4, -0.2) is 24.7 Å². The van der Waals surface area contributed by atoms with Gasteiger partial charge in [0.15, 0.2) is 0 Å². The minimum Gasteiger partial charge on any atom is -0.380 e. The Balaban J connectivity index is 2.43. The van der Waals surface area contributed by atoms with E-state index in [1.54, 1.807) is 12.1 Å². The van der Waals surface area contributed by atoms with Gasteiger partial charge in [0.05, 0.1) is 16.6 Å². The fourth-order valence-corrected chi connectivity index (χ4v) is 1.75. The van der Waals surface area contributed by atoms with Crippen LogP contribution in [0.4, 0.5) is 11.4 Å². The molecule has 0 radical (unpaired) electrons. The van der Waals surface area contributed by atoms with Crippen LogP contribution in [-0.2, 0) is 4.74 Å². The Morgan fingerprint density at radius 3 is 2.79 bits per heavy atom. The summed E-state index contributed by atoms with van der Waals surface area (Å²) in [7, 11) is 0. The van der Waals surface area contributed by atoms with E-state index in [4.69, 9.17) is 16.3 Å². The van der Waals surface area contributed by atoms with Crippen molar-refractivity contribution in [3.05, 3.63) is 33.3 Å². The maximum Gasteiger partial charge on any atom is 0.293 e. The zero-order valence-corrected chi connectivity index (χ0v) is 11.9. The number of hydrogen-bond donors (Lipinski definition) is 1. The molecule has 0 heterocycles. The Bertz CT molecular complexity index is 424. The minimum atomic E-state index is -0.451. The molecular weight excluding hydrogens is 268 g/mol. The molecule has 0 fully saturated rings. The molecule has 1 N–H and O–H groups in total. The zero-order chi connectivity index (χ0) is 14.3. The first kappa shape index (κ1) is 15.7. The third-order valence-electron chi connectivity index (χ3n) is 2.58. The summed E-state index contributed by atoms with van der Waals surface area (Å²) in [5, 5.41) is 14.2. The highest BCUT2D eigenvalue weighted by Crippen LogP contribution is 2.31. The lowest BCUT2D eigenvalue weighted by Crippen LogP contribution is -2.12. The summed E-state index contributed by atoms with van der Waals surface area (Å²) in [5.41, 5.74) is 0.330. The van der Waals surface area contributed by atoms with E-state index in [1.165, 1.54) is 6.07 Å². The number of para-hydroxylation sites is 1. The Labute approximate surface area is 118 Å². The lowest BCUT2D eigenvalue weighted by molar-refractivity contribution is -0.383. The molecule has 5 nitrogen and oxygen atoms in total. The molecule has 6 heteroatoms. The van der Waals surface area contributed by atoms with E-state index in [1.807, 2.05) is 0 Å². The van der Waals surface area contributed by atoms with Crippen LogP contribution in [0.25, 0.3) is 0 Å². The van der Waals surface area contributed by atoms with Gasteiger partial charge in [-0.15, -0.1) is 0 Å². The molecule has 0 bridgehead atoms.